The topological polar surface area (TPSA) is 84.9 Å². The monoisotopic (exact) mass is 424 g/mol. The van der Waals surface area contributed by atoms with Crippen LogP contribution in [0.3, 0.4) is 0 Å². The molecule has 0 bridgehead atoms. The summed E-state index contributed by atoms with van der Waals surface area (Å²) in [7, 11) is -2.01. The third-order valence-corrected chi connectivity index (χ3v) is 5.10. The molecule has 0 radical (unpaired) electrons. The maximum Gasteiger partial charge on any atom is 0.258 e. The lowest BCUT2D eigenvalue weighted by molar-refractivity contribution is -0.124. The van der Waals surface area contributed by atoms with Gasteiger partial charge in [0.15, 0.2) is 6.61 Å². The van der Waals surface area contributed by atoms with Gasteiger partial charge in [-0.15, -0.1) is 0 Å². The second-order valence-corrected chi connectivity index (χ2v) is 8.51. The maximum atomic E-state index is 13.1. The number of anilines is 1. The molecule has 0 unspecified atom stereocenters. The molecule has 2 rings (SSSR count). The molecule has 7 nitrogen and oxygen atoms in total. The Morgan fingerprint density at radius 3 is 2.31 bits per heavy atom. The number of nitrogens with one attached hydrogen (secondary N) is 1. The van der Waals surface area contributed by atoms with Crippen LogP contribution in [-0.2, 0) is 26.1 Å². The van der Waals surface area contributed by atoms with Gasteiger partial charge in [-0.1, -0.05) is 12.1 Å². The van der Waals surface area contributed by atoms with Crippen LogP contribution < -0.4 is 14.4 Å². The number of sulfonamides is 1. The van der Waals surface area contributed by atoms with E-state index in [1.807, 2.05) is 6.92 Å². The standard InChI is InChI=1S/C20H25FN2O5S/c1-15(13-27-2)22-20(24)14-28-19-10-8-18(9-11-19)23(29(3,25)26)12-16-4-6-17(21)7-5-16/h4-11,15H,12-14H2,1-3H3,(H,22,24)/t15-/m1/s1. The fourth-order valence-corrected chi connectivity index (χ4v) is 3.51. The van der Waals surface area contributed by atoms with Crippen LogP contribution in [0.4, 0.5) is 10.1 Å². The summed E-state index contributed by atoms with van der Waals surface area (Å²) in [6.45, 7) is 2.12. The van der Waals surface area contributed by atoms with Crippen molar-refractivity contribution in [1.82, 2.24) is 5.32 Å². The fourth-order valence-electron chi connectivity index (χ4n) is 2.62. The summed E-state index contributed by atoms with van der Waals surface area (Å²) < 4.78 is 49.1. The number of hydrogen-bond acceptors (Lipinski definition) is 5. The Morgan fingerprint density at radius 1 is 1.14 bits per heavy atom. The van der Waals surface area contributed by atoms with E-state index in [0.29, 0.717) is 23.6 Å². The van der Waals surface area contributed by atoms with Gasteiger partial charge in [-0.05, 0) is 48.9 Å². The molecule has 0 heterocycles. The average molecular weight is 424 g/mol. The van der Waals surface area contributed by atoms with E-state index in [1.54, 1.807) is 31.4 Å². The van der Waals surface area contributed by atoms with Gasteiger partial charge >= 0.3 is 0 Å². The third-order valence-electron chi connectivity index (χ3n) is 3.96. The van der Waals surface area contributed by atoms with Crippen LogP contribution in [0.25, 0.3) is 0 Å². The zero-order valence-electron chi connectivity index (χ0n) is 16.6. The molecule has 0 aromatic heterocycles. The zero-order chi connectivity index (χ0) is 21.4. The van der Waals surface area contributed by atoms with Crippen LogP contribution in [-0.4, -0.2) is 46.9 Å². The lowest BCUT2D eigenvalue weighted by atomic mass is 10.2. The molecule has 0 aliphatic rings. The summed E-state index contributed by atoms with van der Waals surface area (Å²) in [6.07, 6.45) is 1.10. The quantitative estimate of drug-likeness (QED) is 0.633. The molecule has 158 valence electrons. The first-order valence-corrected chi connectivity index (χ1v) is 10.8. The summed E-state index contributed by atoms with van der Waals surface area (Å²) in [5, 5.41) is 2.73. The molecule has 1 atom stereocenters. The van der Waals surface area contributed by atoms with E-state index in [2.05, 4.69) is 5.32 Å². The predicted octanol–water partition coefficient (Wildman–Crippen LogP) is 2.32. The summed E-state index contributed by atoms with van der Waals surface area (Å²) in [6, 6.07) is 11.9. The van der Waals surface area contributed by atoms with E-state index in [4.69, 9.17) is 9.47 Å². The van der Waals surface area contributed by atoms with Crippen molar-refractivity contribution >= 4 is 21.6 Å². The Kier molecular flexibility index (Phi) is 7.98. The molecule has 2 aromatic carbocycles. The van der Waals surface area contributed by atoms with Crippen LogP contribution in [0, 0.1) is 5.82 Å². The van der Waals surface area contributed by atoms with E-state index in [-0.39, 0.29) is 30.9 Å². The van der Waals surface area contributed by atoms with E-state index < -0.39 is 10.0 Å². The number of rotatable bonds is 10. The first-order chi connectivity index (χ1) is 13.7. The number of nitrogens with zero attached hydrogens (tertiary/aromatic N) is 1. The molecular weight excluding hydrogens is 399 g/mol. The lowest BCUT2D eigenvalue weighted by Crippen LogP contribution is -2.38. The lowest BCUT2D eigenvalue weighted by Gasteiger charge is -2.23. The van der Waals surface area contributed by atoms with Gasteiger partial charge in [0.05, 0.1) is 25.1 Å². The normalized spacial score (nSPS) is 12.3. The van der Waals surface area contributed by atoms with Gasteiger partial charge < -0.3 is 14.8 Å². The highest BCUT2D eigenvalue weighted by Crippen LogP contribution is 2.23. The first kappa shape index (κ1) is 22.6. The third kappa shape index (κ3) is 7.35. The van der Waals surface area contributed by atoms with Gasteiger partial charge in [0.1, 0.15) is 11.6 Å². The van der Waals surface area contributed by atoms with Gasteiger partial charge in [-0.25, -0.2) is 12.8 Å². The summed E-state index contributed by atoms with van der Waals surface area (Å²) in [5.74, 6) is -0.243. The zero-order valence-corrected chi connectivity index (χ0v) is 17.4. The van der Waals surface area contributed by atoms with Crippen molar-refractivity contribution in [3.63, 3.8) is 0 Å². The SMILES string of the molecule is COC[C@@H](C)NC(=O)COc1ccc(N(Cc2ccc(F)cc2)S(C)(=O)=O)cc1. The number of methoxy groups -OCH3 is 1. The molecule has 0 spiro atoms. The number of halogens is 1. The fraction of sp³-hybridized carbons (Fsp3) is 0.350. The minimum atomic E-state index is -3.56. The Hall–Kier alpha value is -2.65. The van der Waals surface area contributed by atoms with Crippen LogP contribution in [0.15, 0.2) is 48.5 Å². The van der Waals surface area contributed by atoms with Gasteiger partial charge in [0, 0.05) is 13.2 Å². The summed E-state index contributed by atoms with van der Waals surface area (Å²) in [4.78, 5) is 11.8. The Bertz CT molecular complexity index is 901. The molecule has 2 aromatic rings. The number of amides is 1. The number of benzene rings is 2. The molecule has 0 aliphatic carbocycles. The molecule has 1 amide bonds. The van der Waals surface area contributed by atoms with Crippen molar-refractivity contribution in [2.75, 3.05) is 30.9 Å². The second kappa shape index (κ2) is 10.2. The Morgan fingerprint density at radius 2 is 1.76 bits per heavy atom. The highest BCUT2D eigenvalue weighted by molar-refractivity contribution is 7.92. The molecule has 0 fully saturated rings. The highest BCUT2D eigenvalue weighted by atomic mass is 32.2. The molecule has 9 heteroatoms. The first-order valence-electron chi connectivity index (χ1n) is 8.92. The Labute approximate surface area is 170 Å². The largest absolute Gasteiger partial charge is 0.484 e. The van der Waals surface area contributed by atoms with Crippen molar-refractivity contribution in [2.24, 2.45) is 0 Å². The second-order valence-electron chi connectivity index (χ2n) is 6.60. The number of ether oxygens (including phenoxy) is 2. The molecular formula is C20H25FN2O5S. The Balaban J connectivity index is 2.03. The van der Waals surface area contributed by atoms with Crippen molar-refractivity contribution < 1.29 is 27.1 Å². The van der Waals surface area contributed by atoms with Crippen molar-refractivity contribution in [3.05, 3.63) is 59.9 Å². The summed E-state index contributed by atoms with van der Waals surface area (Å²) >= 11 is 0. The molecule has 0 aliphatic heterocycles. The van der Waals surface area contributed by atoms with E-state index in [9.17, 15) is 17.6 Å². The molecule has 0 saturated carbocycles. The van der Waals surface area contributed by atoms with E-state index in [0.717, 1.165) is 6.26 Å². The predicted molar refractivity (Wildman–Crippen MR) is 109 cm³/mol. The van der Waals surface area contributed by atoms with Crippen molar-refractivity contribution in [1.29, 1.82) is 0 Å². The molecule has 1 N–H and O–H groups in total. The smallest absolute Gasteiger partial charge is 0.258 e. The minimum Gasteiger partial charge on any atom is -0.484 e. The van der Waals surface area contributed by atoms with E-state index in [1.165, 1.54) is 28.6 Å². The number of hydrogen-bond donors (Lipinski definition) is 1. The number of carbonyl (C=O) groups is 1. The van der Waals surface area contributed by atoms with Crippen LogP contribution in [0.2, 0.25) is 0 Å². The van der Waals surface area contributed by atoms with E-state index >= 15 is 0 Å². The van der Waals surface area contributed by atoms with Crippen LogP contribution in [0.1, 0.15) is 12.5 Å². The van der Waals surface area contributed by atoms with Gasteiger partial charge in [0.2, 0.25) is 10.0 Å². The van der Waals surface area contributed by atoms with Crippen molar-refractivity contribution in [3.8, 4) is 5.75 Å². The molecule has 29 heavy (non-hydrogen) atoms. The minimum absolute atomic E-state index is 0.0686. The van der Waals surface area contributed by atoms with Crippen molar-refractivity contribution in [2.45, 2.75) is 19.5 Å². The number of carbonyl (C=O) groups excluding carboxylic acids is 1. The molecule has 0 saturated heterocycles. The summed E-state index contributed by atoms with van der Waals surface area (Å²) in [5.41, 5.74) is 1.08. The maximum absolute atomic E-state index is 13.1. The highest BCUT2D eigenvalue weighted by Gasteiger charge is 2.18. The van der Waals surface area contributed by atoms with Gasteiger partial charge in [0.25, 0.3) is 5.91 Å². The van der Waals surface area contributed by atoms with Crippen LogP contribution in [0.5, 0.6) is 5.75 Å². The van der Waals surface area contributed by atoms with Gasteiger partial charge in [-0.3, -0.25) is 9.10 Å². The van der Waals surface area contributed by atoms with Gasteiger partial charge in [-0.2, -0.15) is 0 Å². The van der Waals surface area contributed by atoms with Crippen LogP contribution >= 0.6 is 0 Å². The average Bonchev–Trinajstić information content (AvgIpc) is 2.65.